The fraction of sp³-hybridized carbons (Fsp3) is 0.650. The van der Waals surface area contributed by atoms with Gasteiger partial charge in [-0.25, -0.2) is 13.1 Å². The van der Waals surface area contributed by atoms with Crippen LogP contribution in [0.1, 0.15) is 39.0 Å². The van der Waals surface area contributed by atoms with E-state index in [1.165, 1.54) is 23.5 Å². The lowest BCUT2D eigenvalue weighted by atomic mass is 9.96. The number of rotatable bonds is 7. The molecule has 0 atom stereocenters. The van der Waals surface area contributed by atoms with E-state index in [4.69, 9.17) is 4.74 Å². The summed E-state index contributed by atoms with van der Waals surface area (Å²) in [6, 6.07) is 6.33. The van der Waals surface area contributed by atoms with Crippen LogP contribution in [0.25, 0.3) is 0 Å². The van der Waals surface area contributed by atoms with E-state index in [1.54, 1.807) is 12.1 Å². The largest absolute Gasteiger partial charge is 0.484 e. The molecule has 28 heavy (non-hydrogen) atoms. The SMILES string of the molecule is CC[NH+]1CCN(C(=O)COc2ccc(S(=O)(=O)NC3CCCCC3)cc2)CC1. The predicted octanol–water partition coefficient (Wildman–Crippen LogP) is 0.423. The summed E-state index contributed by atoms with van der Waals surface area (Å²) in [6.45, 7) is 6.69. The number of hydrogen-bond acceptors (Lipinski definition) is 4. The highest BCUT2D eigenvalue weighted by Gasteiger charge is 2.24. The molecular formula is C20H32N3O4S+. The molecule has 0 aromatic heterocycles. The molecule has 156 valence electrons. The molecule has 2 fully saturated rings. The lowest BCUT2D eigenvalue weighted by molar-refractivity contribution is -0.902. The Morgan fingerprint density at radius 2 is 1.79 bits per heavy atom. The van der Waals surface area contributed by atoms with E-state index in [-0.39, 0.29) is 23.5 Å². The van der Waals surface area contributed by atoms with Gasteiger partial charge in [-0.05, 0) is 44.0 Å². The second-order valence-electron chi connectivity index (χ2n) is 7.70. The average Bonchev–Trinajstić information content (AvgIpc) is 2.73. The minimum Gasteiger partial charge on any atom is -0.484 e. The Kier molecular flexibility index (Phi) is 7.31. The first-order chi connectivity index (χ1) is 13.5. The van der Waals surface area contributed by atoms with E-state index in [0.29, 0.717) is 5.75 Å². The fourth-order valence-corrected chi connectivity index (χ4v) is 5.19. The molecule has 2 aliphatic rings. The molecule has 0 radical (unpaired) electrons. The zero-order valence-electron chi connectivity index (χ0n) is 16.7. The van der Waals surface area contributed by atoms with Gasteiger partial charge in [-0.3, -0.25) is 4.79 Å². The van der Waals surface area contributed by atoms with Crippen LogP contribution in [0.2, 0.25) is 0 Å². The van der Waals surface area contributed by atoms with Crippen LogP contribution in [0.3, 0.4) is 0 Å². The average molecular weight is 411 g/mol. The summed E-state index contributed by atoms with van der Waals surface area (Å²) in [5.41, 5.74) is 0. The number of benzene rings is 1. The minimum absolute atomic E-state index is 0.0200. The van der Waals surface area contributed by atoms with Gasteiger partial charge < -0.3 is 14.5 Å². The van der Waals surface area contributed by atoms with Crippen LogP contribution in [-0.4, -0.2) is 64.6 Å². The highest BCUT2D eigenvalue weighted by Crippen LogP contribution is 2.21. The Hall–Kier alpha value is -1.64. The highest BCUT2D eigenvalue weighted by molar-refractivity contribution is 7.89. The number of likely N-dealkylation sites (N-methyl/N-ethyl adjacent to an activating group) is 1. The van der Waals surface area contributed by atoms with Gasteiger partial charge in [-0.15, -0.1) is 0 Å². The molecule has 3 rings (SSSR count). The smallest absolute Gasteiger partial charge is 0.260 e. The summed E-state index contributed by atoms with van der Waals surface area (Å²) < 4.78 is 33.4. The molecule has 0 spiro atoms. The monoisotopic (exact) mass is 410 g/mol. The summed E-state index contributed by atoms with van der Waals surface area (Å²) in [4.78, 5) is 15.9. The molecule has 1 aromatic rings. The Bertz CT molecular complexity index is 737. The van der Waals surface area contributed by atoms with Gasteiger partial charge in [0.15, 0.2) is 6.61 Å². The van der Waals surface area contributed by atoms with E-state index in [1.807, 2.05) is 4.90 Å². The van der Waals surface area contributed by atoms with Gasteiger partial charge in [0.1, 0.15) is 5.75 Å². The number of nitrogens with zero attached hydrogens (tertiary/aromatic N) is 1. The van der Waals surface area contributed by atoms with Crippen LogP contribution in [0, 0.1) is 0 Å². The van der Waals surface area contributed by atoms with E-state index in [9.17, 15) is 13.2 Å². The second kappa shape index (κ2) is 9.71. The number of ether oxygens (including phenoxy) is 1. The molecule has 1 aliphatic heterocycles. The van der Waals surface area contributed by atoms with E-state index in [0.717, 1.165) is 58.4 Å². The third-order valence-electron chi connectivity index (χ3n) is 5.75. The summed E-state index contributed by atoms with van der Waals surface area (Å²) in [5, 5.41) is 0. The van der Waals surface area contributed by atoms with Crippen LogP contribution in [0.15, 0.2) is 29.2 Å². The second-order valence-corrected chi connectivity index (χ2v) is 9.41. The van der Waals surface area contributed by atoms with Crippen LogP contribution < -0.4 is 14.4 Å². The predicted molar refractivity (Wildman–Crippen MR) is 107 cm³/mol. The molecule has 1 saturated heterocycles. The molecular weight excluding hydrogens is 378 g/mol. The number of nitrogens with one attached hydrogen (secondary N) is 2. The van der Waals surface area contributed by atoms with Crippen molar-refractivity contribution in [3.63, 3.8) is 0 Å². The van der Waals surface area contributed by atoms with Gasteiger partial charge in [0.2, 0.25) is 10.0 Å². The third-order valence-corrected chi connectivity index (χ3v) is 7.28. The summed E-state index contributed by atoms with van der Waals surface area (Å²) >= 11 is 0. The minimum atomic E-state index is -3.52. The zero-order valence-corrected chi connectivity index (χ0v) is 17.5. The van der Waals surface area contributed by atoms with Gasteiger partial charge in [0.25, 0.3) is 5.91 Å². The molecule has 1 amide bonds. The number of hydrogen-bond donors (Lipinski definition) is 2. The van der Waals surface area contributed by atoms with Crippen molar-refractivity contribution < 1.29 is 22.8 Å². The summed E-state index contributed by atoms with van der Waals surface area (Å²) in [6.07, 6.45) is 5.12. The molecule has 2 N–H and O–H groups in total. The molecule has 1 aromatic carbocycles. The molecule has 0 unspecified atom stereocenters. The Morgan fingerprint density at radius 1 is 1.14 bits per heavy atom. The fourth-order valence-electron chi connectivity index (χ4n) is 3.89. The normalized spacial score (nSPS) is 19.5. The number of piperazine rings is 1. The maximum Gasteiger partial charge on any atom is 0.260 e. The van der Waals surface area contributed by atoms with Gasteiger partial charge in [0.05, 0.1) is 37.6 Å². The Balaban J connectivity index is 1.49. The molecule has 1 heterocycles. The standard InChI is InChI=1S/C20H31N3O4S/c1-2-22-12-14-23(15-13-22)20(24)16-27-18-8-10-19(11-9-18)28(25,26)21-17-6-4-3-5-7-17/h8-11,17,21H,2-7,12-16H2,1H3/p+1. The van der Waals surface area contributed by atoms with Gasteiger partial charge in [0, 0.05) is 6.04 Å². The van der Waals surface area contributed by atoms with Crippen LogP contribution in [-0.2, 0) is 14.8 Å². The van der Waals surface area contributed by atoms with Crippen molar-refractivity contribution in [3.8, 4) is 5.75 Å². The molecule has 1 saturated carbocycles. The van der Waals surface area contributed by atoms with Crippen molar-refractivity contribution in [2.75, 3.05) is 39.3 Å². The number of sulfonamides is 1. The summed E-state index contributed by atoms with van der Waals surface area (Å²) in [7, 11) is -3.52. The quantitative estimate of drug-likeness (QED) is 0.683. The first kappa shape index (κ1) is 21.1. The third kappa shape index (κ3) is 5.68. The van der Waals surface area contributed by atoms with Crippen molar-refractivity contribution in [2.45, 2.75) is 50.0 Å². The van der Waals surface area contributed by atoms with Crippen molar-refractivity contribution in [1.82, 2.24) is 9.62 Å². The lowest BCUT2D eigenvalue weighted by Crippen LogP contribution is -3.14. The highest BCUT2D eigenvalue weighted by atomic mass is 32.2. The topological polar surface area (TPSA) is 80.2 Å². The molecule has 0 bridgehead atoms. The van der Waals surface area contributed by atoms with Crippen LogP contribution in [0.4, 0.5) is 0 Å². The van der Waals surface area contributed by atoms with Gasteiger partial charge >= 0.3 is 0 Å². The van der Waals surface area contributed by atoms with Crippen LogP contribution in [0.5, 0.6) is 5.75 Å². The van der Waals surface area contributed by atoms with Crippen LogP contribution >= 0.6 is 0 Å². The maximum atomic E-state index is 12.5. The Morgan fingerprint density at radius 3 is 2.39 bits per heavy atom. The number of carbonyl (C=O) groups is 1. The van der Waals surface area contributed by atoms with Gasteiger partial charge in [-0.2, -0.15) is 0 Å². The number of quaternary nitrogens is 1. The van der Waals surface area contributed by atoms with E-state index >= 15 is 0 Å². The number of carbonyl (C=O) groups excluding carboxylic acids is 1. The van der Waals surface area contributed by atoms with E-state index < -0.39 is 10.0 Å². The van der Waals surface area contributed by atoms with E-state index in [2.05, 4.69) is 11.6 Å². The maximum absolute atomic E-state index is 12.5. The number of amides is 1. The first-order valence-corrected chi connectivity index (χ1v) is 11.8. The zero-order chi connectivity index (χ0) is 20.0. The van der Waals surface area contributed by atoms with Crippen molar-refractivity contribution in [2.24, 2.45) is 0 Å². The van der Waals surface area contributed by atoms with Crippen molar-refractivity contribution in [3.05, 3.63) is 24.3 Å². The van der Waals surface area contributed by atoms with Gasteiger partial charge in [-0.1, -0.05) is 19.3 Å². The van der Waals surface area contributed by atoms with Crippen molar-refractivity contribution >= 4 is 15.9 Å². The molecule has 7 nitrogen and oxygen atoms in total. The summed E-state index contributed by atoms with van der Waals surface area (Å²) in [5.74, 6) is 0.480. The lowest BCUT2D eigenvalue weighted by Gasteiger charge is -2.31. The van der Waals surface area contributed by atoms with Crippen molar-refractivity contribution in [1.29, 1.82) is 0 Å². The first-order valence-electron chi connectivity index (χ1n) is 10.3. The molecule has 1 aliphatic carbocycles. The Labute approximate surface area is 168 Å². The molecule has 8 heteroatoms.